The average Bonchev–Trinajstić information content (AvgIpc) is 2.69. The third kappa shape index (κ3) is 3.27. The predicted octanol–water partition coefficient (Wildman–Crippen LogP) is 6.53. The number of pyridine rings is 1. The van der Waals surface area contributed by atoms with Gasteiger partial charge in [-0.05, 0) is 47.9 Å². The van der Waals surface area contributed by atoms with Crippen LogP contribution in [0.25, 0.3) is 33.6 Å². The van der Waals surface area contributed by atoms with Crippen LogP contribution in [-0.2, 0) is 0 Å². The zero-order valence-electron chi connectivity index (χ0n) is 14.5. The molecule has 3 aromatic carbocycles. The van der Waals surface area contributed by atoms with Crippen molar-refractivity contribution in [2.24, 2.45) is 0 Å². The second-order valence-electron chi connectivity index (χ2n) is 6.32. The van der Waals surface area contributed by atoms with Crippen molar-refractivity contribution in [3.8, 4) is 33.6 Å². The van der Waals surface area contributed by atoms with Gasteiger partial charge < -0.3 is 0 Å². The van der Waals surface area contributed by atoms with Crippen LogP contribution in [-0.4, -0.2) is 4.98 Å². The summed E-state index contributed by atoms with van der Waals surface area (Å²) >= 11 is 0. The average molecular weight is 339 g/mol. The number of halogens is 1. The van der Waals surface area contributed by atoms with E-state index in [0.717, 1.165) is 39.2 Å². The molecule has 0 unspecified atom stereocenters. The first kappa shape index (κ1) is 16.2. The highest BCUT2D eigenvalue weighted by molar-refractivity contribution is 5.77. The Bertz CT molecular complexity index is 983. The lowest BCUT2D eigenvalue weighted by Gasteiger charge is -2.12. The van der Waals surface area contributed by atoms with Gasteiger partial charge in [0.2, 0.25) is 0 Å². The van der Waals surface area contributed by atoms with Gasteiger partial charge in [-0.15, -0.1) is 0 Å². The van der Waals surface area contributed by atoms with Crippen LogP contribution < -0.4 is 0 Å². The number of hydrogen-bond acceptors (Lipinski definition) is 1. The maximum Gasteiger partial charge on any atom is 0.123 e. The van der Waals surface area contributed by atoms with Gasteiger partial charge in [0, 0.05) is 11.1 Å². The fourth-order valence-electron chi connectivity index (χ4n) is 3.15. The second kappa shape index (κ2) is 6.93. The number of aromatic nitrogens is 1. The summed E-state index contributed by atoms with van der Waals surface area (Å²) in [5.41, 5.74) is 6.90. The van der Waals surface area contributed by atoms with Crippen LogP contribution in [0.1, 0.15) is 5.56 Å². The van der Waals surface area contributed by atoms with E-state index >= 15 is 0 Å². The van der Waals surface area contributed by atoms with Crippen molar-refractivity contribution in [2.75, 3.05) is 0 Å². The number of rotatable bonds is 3. The smallest absolute Gasteiger partial charge is 0.123 e. The van der Waals surface area contributed by atoms with Crippen molar-refractivity contribution in [1.82, 2.24) is 4.98 Å². The SMILES string of the molecule is Cc1cc(F)ccc1-c1cc(-c2ccccc2)nc(-c2ccccc2)c1. The zero-order valence-corrected chi connectivity index (χ0v) is 14.5. The van der Waals surface area contributed by atoms with Crippen molar-refractivity contribution in [3.63, 3.8) is 0 Å². The molecule has 2 heteroatoms. The van der Waals surface area contributed by atoms with E-state index in [1.807, 2.05) is 49.4 Å². The van der Waals surface area contributed by atoms with E-state index in [4.69, 9.17) is 4.98 Å². The molecule has 26 heavy (non-hydrogen) atoms. The fraction of sp³-hybridized carbons (Fsp3) is 0.0417. The highest BCUT2D eigenvalue weighted by atomic mass is 19.1. The van der Waals surface area contributed by atoms with E-state index < -0.39 is 0 Å². The van der Waals surface area contributed by atoms with Gasteiger partial charge in [-0.1, -0.05) is 66.7 Å². The molecule has 1 aromatic heterocycles. The molecule has 0 radical (unpaired) electrons. The normalized spacial score (nSPS) is 10.7. The summed E-state index contributed by atoms with van der Waals surface area (Å²) in [5.74, 6) is -0.216. The van der Waals surface area contributed by atoms with E-state index in [2.05, 4.69) is 36.4 Å². The minimum Gasteiger partial charge on any atom is -0.248 e. The number of hydrogen-bond donors (Lipinski definition) is 0. The van der Waals surface area contributed by atoms with E-state index in [1.54, 1.807) is 6.07 Å². The molecule has 0 N–H and O–H groups in total. The molecule has 1 nitrogen and oxygen atoms in total. The quantitative estimate of drug-likeness (QED) is 0.413. The number of nitrogens with zero attached hydrogens (tertiary/aromatic N) is 1. The summed E-state index contributed by atoms with van der Waals surface area (Å²) < 4.78 is 13.5. The minimum absolute atomic E-state index is 0.216. The lowest BCUT2D eigenvalue weighted by Crippen LogP contribution is -1.92. The molecule has 4 aromatic rings. The van der Waals surface area contributed by atoms with Crippen LogP contribution in [0.4, 0.5) is 4.39 Å². The van der Waals surface area contributed by atoms with Gasteiger partial charge in [-0.25, -0.2) is 9.37 Å². The van der Waals surface area contributed by atoms with Gasteiger partial charge in [-0.3, -0.25) is 0 Å². The largest absolute Gasteiger partial charge is 0.248 e. The zero-order chi connectivity index (χ0) is 17.9. The molecule has 0 saturated heterocycles. The lowest BCUT2D eigenvalue weighted by atomic mass is 9.97. The molecule has 4 rings (SSSR count). The molecule has 1 heterocycles. The fourth-order valence-corrected chi connectivity index (χ4v) is 3.15. The lowest BCUT2D eigenvalue weighted by molar-refractivity contribution is 0.627. The first-order valence-electron chi connectivity index (χ1n) is 8.60. The molecule has 0 atom stereocenters. The van der Waals surface area contributed by atoms with Crippen LogP contribution in [0.2, 0.25) is 0 Å². The van der Waals surface area contributed by atoms with Gasteiger partial charge in [-0.2, -0.15) is 0 Å². The highest BCUT2D eigenvalue weighted by Crippen LogP contribution is 2.31. The Morgan fingerprint density at radius 3 is 1.65 bits per heavy atom. The van der Waals surface area contributed by atoms with E-state index in [9.17, 15) is 4.39 Å². The van der Waals surface area contributed by atoms with E-state index in [0.29, 0.717) is 0 Å². The van der Waals surface area contributed by atoms with Gasteiger partial charge in [0.1, 0.15) is 5.82 Å². The molecular weight excluding hydrogens is 321 g/mol. The van der Waals surface area contributed by atoms with Gasteiger partial charge >= 0.3 is 0 Å². The molecular formula is C24H18FN. The van der Waals surface area contributed by atoms with Gasteiger partial charge in [0.25, 0.3) is 0 Å². The Hall–Kier alpha value is -3.26. The summed E-state index contributed by atoms with van der Waals surface area (Å²) in [6, 6.07) is 29.3. The van der Waals surface area contributed by atoms with Crippen LogP contribution >= 0.6 is 0 Å². The van der Waals surface area contributed by atoms with Crippen LogP contribution in [0.5, 0.6) is 0 Å². The summed E-state index contributed by atoms with van der Waals surface area (Å²) in [4.78, 5) is 4.87. The van der Waals surface area contributed by atoms with Crippen molar-refractivity contribution in [3.05, 3.63) is 102 Å². The number of aryl methyl sites for hydroxylation is 1. The first-order valence-corrected chi connectivity index (χ1v) is 8.60. The second-order valence-corrected chi connectivity index (χ2v) is 6.32. The number of benzene rings is 3. The molecule has 0 amide bonds. The Morgan fingerprint density at radius 2 is 1.15 bits per heavy atom. The van der Waals surface area contributed by atoms with Crippen molar-refractivity contribution in [2.45, 2.75) is 6.92 Å². The molecule has 0 fully saturated rings. The van der Waals surface area contributed by atoms with Crippen LogP contribution in [0, 0.1) is 12.7 Å². The maximum absolute atomic E-state index is 13.5. The Balaban J connectivity index is 1.94. The topological polar surface area (TPSA) is 12.9 Å². The summed E-state index contributed by atoms with van der Waals surface area (Å²) in [5, 5.41) is 0. The summed E-state index contributed by atoms with van der Waals surface area (Å²) in [6.07, 6.45) is 0. The van der Waals surface area contributed by atoms with Crippen LogP contribution in [0.3, 0.4) is 0 Å². The van der Waals surface area contributed by atoms with Crippen molar-refractivity contribution < 1.29 is 4.39 Å². The van der Waals surface area contributed by atoms with Crippen molar-refractivity contribution >= 4 is 0 Å². The summed E-state index contributed by atoms with van der Waals surface area (Å²) in [6.45, 7) is 1.93. The van der Waals surface area contributed by atoms with Gasteiger partial charge in [0.05, 0.1) is 11.4 Å². The van der Waals surface area contributed by atoms with E-state index in [-0.39, 0.29) is 5.82 Å². The van der Waals surface area contributed by atoms with Gasteiger partial charge in [0.15, 0.2) is 0 Å². The highest BCUT2D eigenvalue weighted by Gasteiger charge is 2.10. The summed E-state index contributed by atoms with van der Waals surface area (Å²) in [7, 11) is 0. The Kier molecular flexibility index (Phi) is 4.32. The molecule has 0 saturated carbocycles. The molecule has 0 aliphatic carbocycles. The molecule has 126 valence electrons. The monoisotopic (exact) mass is 339 g/mol. The maximum atomic E-state index is 13.5. The first-order chi connectivity index (χ1) is 12.7. The molecule has 0 aliphatic rings. The Morgan fingerprint density at radius 1 is 0.615 bits per heavy atom. The molecule has 0 aliphatic heterocycles. The molecule has 0 spiro atoms. The Labute approximate surface area is 152 Å². The standard InChI is InChI=1S/C24H18FN/c1-17-14-21(25)12-13-22(17)20-15-23(18-8-4-2-5-9-18)26-24(16-20)19-10-6-3-7-11-19/h2-16H,1H3. The minimum atomic E-state index is -0.216. The third-order valence-corrected chi connectivity index (χ3v) is 4.46. The third-order valence-electron chi connectivity index (χ3n) is 4.46. The van der Waals surface area contributed by atoms with Crippen LogP contribution in [0.15, 0.2) is 91.0 Å². The predicted molar refractivity (Wildman–Crippen MR) is 105 cm³/mol. The van der Waals surface area contributed by atoms with Crippen molar-refractivity contribution in [1.29, 1.82) is 0 Å². The molecule has 0 bridgehead atoms. The van der Waals surface area contributed by atoms with E-state index in [1.165, 1.54) is 6.07 Å².